The topological polar surface area (TPSA) is 67.8 Å². The van der Waals surface area contributed by atoms with Crippen molar-refractivity contribution in [3.63, 3.8) is 0 Å². The normalized spacial score (nSPS) is 11.6. The number of thiazole rings is 1. The average Bonchev–Trinajstić information content (AvgIpc) is 3.15. The Morgan fingerprint density at radius 3 is 2.59 bits per heavy atom. The fraction of sp³-hybridized carbons (Fsp3) is 0.500. The standard InChI is InChI=1S/C20H30N4O2S/c1-6-21-20(23-12-19-24-16(13-27-19)14(2)3)22-10-9-15-7-8-17(25-4)18(11-15)26-5/h7-8,11,13-14H,6,9-10,12H2,1-5H3,(H2,21,22,23). The molecule has 0 bridgehead atoms. The highest BCUT2D eigenvalue weighted by molar-refractivity contribution is 7.09. The molecule has 0 spiro atoms. The third kappa shape index (κ3) is 6.43. The first kappa shape index (κ1) is 21.0. The molecule has 0 saturated carbocycles. The minimum atomic E-state index is 0.451. The van der Waals surface area contributed by atoms with Gasteiger partial charge >= 0.3 is 0 Å². The molecule has 0 aliphatic carbocycles. The Balaban J connectivity index is 1.91. The lowest BCUT2D eigenvalue weighted by Crippen LogP contribution is -2.38. The zero-order valence-electron chi connectivity index (χ0n) is 16.8. The predicted molar refractivity (Wildman–Crippen MR) is 112 cm³/mol. The largest absolute Gasteiger partial charge is 0.493 e. The van der Waals surface area contributed by atoms with Crippen molar-refractivity contribution < 1.29 is 9.47 Å². The summed E-state index contributed by atoms with van der Waals surface area (Å²) in [5.74, 6) is 2.75. The van der Waals surface area contributed by atoms with Gasteiger partial charge in [0.25, 0.3) is 0 Å². The summed E-state index contributed by atoms with van der Waals surface area (Å²) in [5, 5.41) is 9.82. The van der Waals surface area contributed by atoms with Crippen molar-refractivity contribution in [2.24, 2.45) is 4.99 Å². The van der Waals surface area contributed by atoms with Gasteiger partial charge in [-0.05, 0) is 37.0 Å². The molecule has 27 heavy (non-hydrogen) atoms. The molecule has 0 amide bonds. The van der Waals surface area contributed by atoms with E-state index in [9.17, 15) is 0 Å². The number of aromatic nitrogens is 1. The third-order valence-corrected chi connectivity index (χ3v) is 4.88. The molecule has 0 aliphatic rings. The summed E-state index contributed by atoms with van der Waals surface area (Å²) in [6.45, 7) is 8.55. The first-order valence-corrected chi connectivity index (χ1v) is 10.1. The molecule has 2 N–H and O–H groups in total. The van der Waals surface area contributed by atoms with Crippen molar-refractivity contribution in [3.8, 4) is 11.5 Å². The lowest BCUT2D eigenvalue weighted by atomic mass is 10.1. The van der Waals surface area contributed by atoms with Crippen LogP contribution in [0.3, 0.4) is 0 Å². The van der Waals surface area contributed by atoms with Gasteiger partial charge < -0.3 is 20.1 Å². The molecule has 0 aliphatic heterocycles. The van der Waals surface area contributed by atoms with Gasteiger partial charge in [0, 0.05) is 18.5 Å². The molecule has 1 heterocycles. The van der Waals surface area contributed by atoms with E-state index < -0.39 is 0 Å². The lowest BCUT2D eigenvalue weighted by molar-refractivity contribution is 0.354. The second-order valence-electron chi connectivity index (χ2n) is 6.38. The molecular formula is C20H30N4O2S. The van der Waals surface area contributed by atoms with Crippen LogP contribution in [0.1, 0.15) is 43.0 Å². The molecule has 2 rings (SSSR count). The van der Waals surface area contributed by atoms with Crippen LogP contribution in [0.25, 0.3) is 0 Å². The minimum Gasteiger partial charge on any atom is -0.493 e. The second-order valence-corrected chi connectivity index (χ2v) is 7.32. The molecule has 0 saturated heterocycles. The summed E-state index contributed by atoms with van der Waals surface area (Å²) in [5.41, 5.74) is 2.31. The number of benzene rings is 1. The Morgan fingerprint density at radius 2 is 1.96 bits per heavy atom. The van der Waals surface area contributed by atoms with Crippen LogP contribution < -0.4 is 20.1 Å². The van der Waals surface area contributed by atoms with Gasteiger partial charge in [-0.15, -0.1) is 11.3 Å². The van der Waals surface area contributed by atoms with E-state index in [1.54, 1.807) is 25.6 Å². The van der Waals surface area contributed by atoms with E-state index in [4.69, 9.17) is 9.47 Å². The van der Waals surface area contributed by atoms with Gasteiger partial charge in [-0.1, -0.05) is 19.9 Å². The molecule has 1 aromatic carbocycles. The minimum absolute atomic E-state index is 0.451. The quantitative estimate of drug-likeness (QED) is 0.506. The molecule has 6 nitrogen and oxygen atoms in total. The van der Waals surface area contributed by atoms with Gasteiger partial charge in [0.15, 0.2) is 17.5 Å². The SMILES string of the molecule is CCNC(=NCc1nc(C(C)C)cs1)NCCc1ccc(OC)c(OC)c1. The van der Waals surface area contributed by atoms with Crippen molar-refractivity contribution in [1.29, 1.82) is 0 Å². The molecular weight excluding hydrogens is 360 g/mol. The predicted octanol–water partition coefficient (Wildman–Crippen LogP) is 3.58. The molecule has 0 atom stereocenters. The number of aliphatic imine (C=N–C) groups is 1. The number of guanidine groups is 1. The Bertz CT molecular complexity index is 743. The van der Waals surface area contributed by atoms with Crippen molar-refractivity contribution >= 4 is 17.3 Å². The summed E-state index contributed by atoms with van der Waals surface area (Å²) >= 11 is 1.67. The maximum Gasteiger partial charge on any atom is 0.191 e. The van der Waals surface area contributed by atoms with Crippen LogP contribution >= 0.6 is 11.3 Å². The van der Waals surface area contributed by atoms with E-state index >= 15 is 0 Å². The number of hydrogen-bond acceptors (Lipinski definition) is 5. The maximum atomic E-state index is 5.36. The molecule has 0 radical (unpaired) electrons. The Hall–Kier alpha value is -2.28. The van der Waals surface area contributed by atoms with E-state index in [1.165, 1.54) is 5.56 Å². The van der Waals surface area contributed by atoms with Gasteiger partial charge in [-0.2, -0.15) is 0 Å². The van der Waals surface area contributed by atoms with E-state index in [1.807, 2.05) is 12.1 Å². The van der Waals surface area contributed by atoms with Gasteiger partial charge in [0.05, 0.1) is 26.5 Å². The smallest absolute Gasteiger partial charge is 0.191 e. The van der Waals surface area contributed by atoms with Crippen LogP contribution in [-0.2, 0) is 13.0 Å². The van der Waals surface area contributed by atoms with Crippen LogP contribution in [-0.4, -0.2) is 38.3 Å². The van der Waals surface area contributed by atoms with Crippen LogP contribution in [0.2, 0.25) is 0 Å². The summed E-state index contributed by atoms with van der Waals surface area (Å²) in [7, 11) is 3.30. The Labute approximate surface area is 166 Å². The highest BCUT2D eigenvalue weighted by Gasteiger charge is 2.07. The summed E-state index contributed by atoms with van der Waals surface area (Å²) < 4.78 is 10.6. The van der Waals surface area contributed by atoms with Crippen LogP contribution in [0.4, 0.5) is 0 Å². The highest BCUT2D eigenvalue weighted by atomic mass is 32.1. The molecule has 1 aromatic heterocycles. The number of methoxy groups -OCH3 is 2. The van der Waals surface area contributed by atoms with Crippen molar-refractivity contribution in [1.82, 2.24) is 15.6 Å². The van der Waals surface area contributed by atoms with Gasteiger partial charge in [0.2, 0.25) is 0 Å². The summed E-state index contributed by atoms with van der Waals surface area (Å²) in [6.07, 6.45) is 0.861. The van der Waals surface area contributed by atoms with Crippen LogP contribution in [0.5, 0.6) is 11.5 Å². The van der Waals surface area contributed by atoms with Gasteiger partial charge in [-0.25, -0.2) is 9.98 Å². The second kappa shape index (κ2) is 10.8. The molecule has 0 fully saturated rings. The summed E-state index contributed by atoms with van der Waals surface area (Å²) in [4.78, 5) is 9.28. The lowest BCUT2D eigenvalue weighted by Gasteiger charge is -2.12. The molecule has 148 valence electrons. The average molecular weight is 391 g/mol. The Morgan fingerprint density at radius 1 is 1.19 bits per heavy atom. The van der Waals surface area contributed by atoms with Crippen LogP contribution in [0.15, 0.2) is 28.6 Å². The van der Waals surface area contributed by atoms with Crippen molar-refractivity contribution in [2.45, 2.75) is 39.7 Å². The van der Waals surface area contributed by atoms with E-state index in [0.29, 0.717) is 12.5 Å². The number of ether oxygens (including phenoxy) is 2. The highest BCUT2D eigenvalue weighted by Crippen LogP contribution is 2.27. The first-order valence-electron chi connectivity index (χ1n) is 9.24. The molecule has 0 unspecified atom stereocenters. The first-order chi connectivity index (χ1) is 13.1. The van der Waals surface area contributed by atoms with E-state index in [0.717, 1.165) is 47.7 Å². The Kier molecular flexibility index (Phi) is 8.39. The third-order valence-electron chi connectivity index (χ3n) is 4.03. The number of rotatable bonds is 9. The van der Waals surface area contributed by atoms with Gasteiger partial charge in [-0.3, -0.25) is 0 Å². The summed E-state index contributed by atoms with van der Waals surface area (Å²) in [6, 6.07) is 5.99. The fourth-order valence-corrected chi connectivity index (χ4v) is 3.39. The maximum absolute atomic E-state index is 5.36. The monoisotopic (exact) mass is 390 g/mol. The number of hydrogen-bond donors (Lipinski definition) is 2. The number of nitrogens with zero attached hydrogens (tertiary/aromatic N) is 2. The van der Waals surface area contributed by atoms with Crippen molar-refractivity contribution in [3.05, 3.63) is 39.8 Å². The zero-order chi connectivity index (χ0) is 19.6. The molecule has 7 heteroatoms. The van der Waals surface area contributed by atoms with Gasteiger partial charge in [0.1, 0.15) is 5.01 Å². The van der Waals surface area contributed by atoms with Crippen LogP contribution in [0, 0.1) is 0 Å². The number of nitrogens with one attached hydrogen (secondary N) is 2. The van der Waals surface area contributed by atoms with E-state index in [2.05, 4.69) is 52.8 Å². The molecule has 2 aromatic rings. The fourth-order valence-electron chi connectivity index (χ4n) is 2.51. The zero-order valence-corrected chi connectivity index (χ0v) is 17.7. The van der Waals surface area contributed by atoms with E-state index in [-0.39, 0.29) is 0 Å². The van der Waals surface area contributed by atoms with Crippen molar-refractivity contribution in [2.75, 3.05) is 27.3 Å².